The van der Waals surface area contributed by atoms with Crippen LogP contribution in [0.3, 0.4) is 0 Å². The molecule has 100 valence electrons. The van der Waals surface area contributed by atoms with Gasteiger partial charge in [-0.25, -0.2) is 0 Å². The van der Waals surface area contributed by atoms with Gasteiger partial charge in [0.2, 0.25) is 0 Å². The SMILES string of the molecule is CC(C)C(CCO)NC(=O)c1ccnc(CN)c1. The largest absolute Gasteiger partial charge is 0.396 e. The Kier molecular flexibility index (Phi) is 5.74. The molecule has 1 heterocycles. The van der Waals surface area contributed by atoms with Crippen molar-refractivity contribution >= 4 is 5.91 Å². The van der Waals surface area contributed by atoms with Crippen LogP contribution in [0.5, 0.6) is 0 Å². The van der Waals surface area contributed by atoms with E-state index in [9.17, 15) is 4.79 Å². The highest BCUT2D eigenvalue weighted by molar-refractivity contribution is 5.94. The first-order chi connectivity index (χ1) is 8.58. The number of carbonyl (C=O) groups is 1. The number of nitrogens with one attached hydrogen (secondary N) is 1. The minimum atomic E-state index is -0.153. The molecule has 1 rings (SSSR count). The summed E-state index contributed by atoms with van der Waals surface area (Å²) in [5, 5.41) is 11.9. The Balaban J connectivity index is 2.73. The van der Waals surface area contributed by atoms with Crippen LogP contribution in [-0.4, -0.2) is 28.6 Å². The molecule has 1 atom stereocenters. The second-order valence-electron chi connectivity index (χ2n) is 4.58. The second-order valence-corrected chi connectivity index (χ2v) is 4.58. The minimum Gasteiger partial charge on any atom is -0.396 e. The molecule has 18 heavy (non-hydrogen) atoms. The first-order valence-electron chi connectivity index (χ1n) is 6.15. The van der Waals surface area contributed by atoms with Crippen LogP contribution < -0.4 is 11.1 Å². The van der Waals surface area contributed by atoms with Crippen LogP contribution in [-0.2, 0) is 6.54 Å². The lowest BCUT2D eigenvalue weighted by Crippen LogP contribution is -2.39. The van der Waals surface area contributed by atoms with E-state index in [-0.39, 0.29) is 24.5 Å². The summed E-state index contributed by atoms with van der Waals surface area (Å²) in [6.45, 7) is 4.40. The maximum Gasteiger partial charge on any atom is 0.251 e. The molecule has 0 bridgehead atoms. The lowest BCUT2D eigenvalue weighted by Gasteiger charge is -2.21. The fraction of sp³-hybridized carbons (Fsp3) is 0.538. The molecule has 0 aliphatic rings. The Bertz CT molecular complexity index is 394. The monoisotopic (exact) mass is 251 g/mol. The van der Waals surface area contributed by atoms with E-state index in [1.807, 2.05) is 13.8 Å². The van der Waals surface area contributed by atoms with Gasteiger partial charge < -0.3 is 16.2 Å². The van der Waals surface area contributed by atoms with Crippen LogP contribution >= 0.6 is 0 Å². The number of nitrogens with zero attached hydrogens (tertiary/aromatic N) is 1. The number of aliphatic hydroxyl groups is 1. The van der Waals surface area contributed by atoms with Gasteiger partial charge in [0.25, 0.3) is 5.91 Å². The summed E-state index contributed by atoms with van der Waals surface area (Å²) < 4.78 is 0. The fourth-order valence-corrected chi connectivity index (χ4v) is 1.69. The van der Waals surface area contributed by atoms with Crippen LogP contribution in [0.15, 0.2) is 18.3 Å². The van der Waals surface area contributed by atoms with Gasteiger partial charge in [-0.05, 0) is 24.5 Å². The third kappa shape index (κ3) is 4.09. The van der Waals surface area contributed by atoms with Gasteiger partial charge in [0.15, 0.2) is 0 Å². The van der Waals surface area contributed by atoms with Crippen LogP contribution in [0.1, 0.15) is 36.3 Å². The van der Waals surface area contributed by atoms with E-state index in [1.165, 1.54) is 0 Å². The van der Waals surface area contributed by atoms with Crippen molar-refractivity contribution in [3.8, 4) is 0 Å². The summed E-state index contributed by atoms with van der Waals surface area (Å²) in [7, 11) is 0. The van der Waals surface area contributed by atoms with E-state index in [0.717, 1.165) is 0 Å². The molecule has 4 N–H and O–H groups in total. The highest BCUT2D eigenvalue weighted by Crippen LogP contribution is 2.08. The smallest absolute Gasteiger partial charge is 0.251 e. The Morgan fingerprint density at radius 2 is 2.28 bits per heavy atom. The van der Waals surface area contributed by atoms with Gasteiger partial charge in [-0.1, -0.05) is 13.8 Å². The maximum atomic E-state index is 12.0. The van der Waals surface area contributed by atoms with Gasteiger partial charge in [-0.15, -0.1) is 0 Å². The number of aromatic nitrogens is 1. The van der Waals surface area contributed by atoms with E-state index >= 15 is 0 Å². The van der Waals surface area contributed by atoms with Gasteiger partial charge in [0.1, 0.15) is 0 Å². The molecule has 0 aromatic carbocycles. The molecule has 0 aliphatic heterocycles. The van der Waals surface area contributed by atoms with Crippen LogP contribution in [0.4, 0.5) is 0 Å². The van der Waals surface area contributed by atoms with Gasteiger partial charge in [-0.2, -0.15) is 0 Å². The van der Waals surface area contributed by atoms with Crippen molar-refractivity contribution in [3.05, 3.63) is 29.6 Å². The van der Waals surface area contributed by atoms with Crippen molar-refractivity contribution in [2.24, 2.45) is 11.7 Å². The number of aliphatic hydroxyl groups excluding tert-OH is 1. The molecule has 0 fully saturated rings. The number of hydrogen-bond acceptors (Lipinski definition) is 4. The van der Waals surface area contributed by atoms with Gasteiger partial charge in [0, 0.05) is 31.0 Å². The Morgan fingerprint density at radius 1 is 1.56 bits per heavy atom. The van der Waals surface area contributed by atoms with E-state index in [2.05, 4.69) is 10.3 Å². The number of amides is 1. The van der Waals surface area contributed by atoms with Crippen molar-refractivity contribution in [1.29, 1.82) is 0 Å². The van der Waals surface area contributed by atoms with E-state index < -0.39 is 0 Å². The quantitative estimate of drug-likeness (QED) is 0.693. The number of hydrogen-bond donors (Lipinski definition) is 3. The molecular weight excluding hydrogens is 230 g/mol. The molecule has 1 aromatic heterocycles. The van der Waals surface area contributed by atoms with Crippen molar-refractivity contribution in [1.82, 2.24) is 10.3 Å². The lowest BCUT2D eigenvalue weighted by atomic mass is 10.0. The zero-order valence-electron chi connectivity index (χ0n) is 10.9. The van der Waals surface area contributed by atoms with Crippen LogP contribution in [0.2, 0.25) is 0 Å². The second kappa shape index (κ2) is 7.08. The average molecular weight is 251 g/mol. The molecule has 1 aromatic rings. The van der Waals surface area contributed by atoms with Gasteiger partial charge in [0.05, 0.1) is 5.69 Å². The topological polar surface area (TPSA) is 88.2 Å². The molecule has 0 radical (unpaired) electrons. The predicted molar refractivity (Wildman–Crippen MR) is 69.9 cm³/mol. The van der Waals surface area contributed by atoms with E-state index in [1.54, 1.807) is 18.3 Å². The standard InChI is InChI=1S/C13H21N3O2/c1-9(2)12(4-6-17)16-13(18)10-3-5-15-11(7-10)8-14/h3,5,7,9,12,17H,4,6,8,14H2,1-2H3,(H,16,18). The van der Waals surface area contributed by atoms with Crippen molar-refractivity contribution in [2.45, 2.75) is 32.9 Å². The van der Waals surface area contributed by atoms with Crippen LogP contribution in [0.25, 0.3) is 0 Å². The molecule has 0 spiro atoms. The summed E-state index contributed by atoms with van der Waals surface area (Å²) in [6.07, 6.45) is 2.13. The number of nitrogens with two attached hydrogens (primary N) is 1. The first-order valence-corrected chi connectivity index (χ1v) is 6.15. The molecule has 5 heteroatoms. The van der Waals surface area contributed by atoms with Gasteiger partial charge >= 0.3 is 0 Å². The summed E-state index contributed by atoms with van der Waals surface area (Å²) in [6, 6.07) is 3.31. The predicted octanol–water partition coefficient (Wildman–Crippen LogP) is 0.677. The number of rotatable bonds is 6. The van der Waals surface area contributed by atoms with E-state index in [0.29, 0.717) is 24.2 Å². The average Bonchev–Trinajstić information content (AvgIpc) is 2.38. The van der Waals surface area contributed by atoms with E-state index in [4.69, 9.17) is 10.8 Å². The highest BCUT2D eigenvalue weighted by atomic mass is 16.3. The minimum absolute atomic E-state index is 0.0306. The normalized spacial score (nSPS) is 12.5. The summed E-state index contributed by atoms with van der Waals surface area (Å²) in [5.41, 5.74) is 6.72. The molecule has 1 unspecified atom stereocenters. The Hall–Kier alpha value is -1.46. The summed E-state index contributed by atoms with van der Waals surface area (Å²) >= 11 is 0. The summed E-state index contributed by atoms with van der Waals surface area (Å²) in [5.74, 6) is 0.121. The zero-order valence-corrected chi connectivity index (χ0v) is 10.9. The molecule has 0 aliphatic carbocycles. The Labute approximate surface area is 107 Å². The Morgan fingerprint density at radius 3 is 2.83 bits per heavy atom. The number of carbonyl (C=O) groups excluding carboxylic acids is 1. The molecular formula is C13H21N3O2. The molecule has 0 saturated heterocycles. The van der Waals surface area contributed by atoms with Crippen molar-refractivity contribution in [3.63, 3.8) is 0 Å². The van der Waals surface area contributed by atoms with Crippen molar-refractivity contribution < 1.29 is 9.90 Å². The highest BCUT2D eigenvalue weighted by Gasteiger charge is 2.16. The molecule has 0 saturated carbocycles. The molecule has 1 amide bonds. The third-order valence-electron chi connectivity index (χ3n) is 2.85. The van der Waals surface area contributed by atoms with Crippen molar-refractivity contribution in [2.75, 3.05) is 6.61 Å². The summed E-state index contributed by atoms with van der Waals surface area (Å²) in [4.78, 5) is 16.1. The lowest BCUT2D eigenvalue weighted by molar-refractivity contribution is 0.0916. The number of pyridine rings is 1. The zero-order chi connectivity index (χ0) is 13.5. The first kappa shape index (κ1) is 14.6. The van der Waals surface area contributed by atoms with Crippen LogP contribution in [0, 0.1) is 5.92 Å². The third-order valence-corrected chi connectivity index (χ3v) is 2.85. The maximum absolute atomic E-state index is 12.0. The van der Waals surface area contributed by atoms with Gasteiger partial charge in [-0.3, -0.25) is 9.78 Å². The molecule has 5 nitrogen and oxygen atoms in total. The fourth-order valence-electron chi connectivity index (χ4n) is 1.69.